The average molecular weight is 295 g/mol. The summed E-state index contributed by atoms with van der Waals surface area (Å²) in [5.74, 6) is 6.27. The Kier molecular flexibility index (Phi) is 4.60. The molecule has 0 saturated carbocycles. The van der Waals surface area contributed by atoms with Gasteiger partial charge in [0.2, 0.25) is 0 Å². The second-order valence-electron chi connectivity index (χ2n) is 5.71. The van der Waals surface area contributed by atoms with Crippen LogP contribution in [0, 0.1) is 17.8 Å². The Morgan fingerprint density at radius 1 is 1.32 bits per heavy atom. The number of nitrogens with one attached hydrogen (secondary N) is 1. The molecule has 1 N–H and O–H groups in total. The molecule has 1 saturated heterocycles. The standard InChI is InChI=1S/C19H21NO2/c1-2-22-19(21)16-13-20-17-10-6-9-15(18(16)17)12-11-14-7-4-3-5-8-14/h3-5,7-8,16-17,20H,2,6,9-10,13H2,1H3/t16-,17+/m1/s1. The molecule has 2 atom stereocenters. The molecule has 0 radical (unpaired) electrons. The number of rotatable bonds is 2. The highest BCUT2D eigenvalue weighted by Gasteiger charge is 2.38. The third-order valence-electron chi connectivity index (χ3n) is 4.29. The van der Waals surface area contributed by atoms with Crippen LogP contribution in [-0.4, -0.2) is 25.2 Å². The first kappa shape index (κ1) is 14.9. The molecule has 114 valence electrons. The molecule has 0 unspecified atom stereocenters. The third-order valence-corrected chi connectivity index (χ3v) is 4.29. The molecular formula is C19H21NO2. The van der Waals surface area contributed by atoms with Crippen molar-refractivity contribution in [1.82, 2.24) is 5.32 Å². The molecule has 2 aliphatic rings. The fourth-order valence-electron chi connectivity index (χ4n) is 3.29. The van der Waals surface area contributed by atoms with Crippen LogP contribution in [-0.2, 0) is 9.53 Å². The van der Waals surface area contributed by atoms with E-state index >= 15 is 0 Å². The summed E-state index contributed by atoms with van der Waals surface area (Å²) in [6, 6.07) is 10.3. The Balaban J connectivity index is 1.91. The third kappa shape index (κ3) is 3.08. The molecule has 0 aromatic heterocycles. The molecular weight excluding hydrogens is 274 g/mol. The van der Waals surface area contributed by atoms with Gasteiger partial charge in [-0.25, -0.2) is 0 Å². The summed E-state index contributed by atoms with van der Waals surface area (Å²) in [5.41, 5.74) is 3.31. The molecule has 1 aliphatic heterocycles. The van der Waals surface area contributed by atoms with Gasteiger partial charge in [0, 0.05) is 23.7 Å². The van der Waals surface area contributed by atoms with Gasteiger partial charge in [0.1, 0.15) is 0 Å². The van der Waals surface area contributed by atoms with Crippen molar-refractivity contribution >= 4 is 5.97 Å². The van der Waals surface area contributed by atoms with Crippen LogP contribution in [0.25, 0.3) is 0 Å². The number of esters is 1. The van der Waals surface area contributed by atoms with Crippen molar-refractivity contribution in [2.24, 2.45) is 5.92 Å². The zero-order valence-electron chi connectivity index (χ0n) is 12.9. The lowest BCUT2D eigenvalue weighted by atomic mass is 9.84. The highest BCUT2D eigenvalue weighted by atomic mass is 16.5. The monoisotopic (exact) mass is 295 g/mol. The Hall–Kier alpha value is -2.05. The van der Waals surface area contributed by atoms with Crippen molar-refractivity contribution in [3.05, 3.63) is 47.0 Å². The first-order valence-corrected chi connectivity index (χ1v) is 7.99. The van der Waals surface area contributed by atoms with E-state index in [0.29, 0.717) is 19.2 Å². The maximum Gasteiger partial charge on any atom is 0.314 e. The van der Waals surface area contributed by atoms with Crippen LogP contribution in [0.2, 0.25) is 0 Å². The largest absolute Gasteiger partial charge is 0.465 e. The first-order valence-electron chi connectivity index (χ1n) is 7.99. The van der Waals surface area contributed by atoms with Crippen molar-refractivity contribution in [2.75, 3.05) is 13.2 Å². The Labute approximate surface area is 131 Å². The number of hydrogen-bond acceptors (Lipinski definition) is 3. The molecule has 1 aliphatic carbocycles. The minimum absolute atomic E-state index is 0.117. The fraction of sp³-hybridized carbons (Fsp3) is 0.421. The number of carbonyl (C=O) groups is 1. The molecule has 0 amide bonds. The number of hydrogen-bond donors (Lipinski definition) is 1. The minimum atomic E-state index is -0.162. The average Bonchev–Trinajstić information content (AvgIpc) is 2.99. The highest BCUT2D eigenvalue weighted by Crippen LogP contribution is 2.34. The predicted octanol–water partition coefficient (Wildman–Crippen LogP) is 2.67. The summed E-state index contributed by atoms with van der Waals surface area (Å²) in [4.78, 5) is 12.2. The van der Waals surface area contributed by atoms with Crippen molar-refractivity contribution in [2.45, 2.75) is 32.2 Å². The molecule has 3 heteroatoms. The summed E-state index contributed by atoms with van der Waals surface area (Å²) in [6.07, 6.45) is 3.17. The van der Waals surface area contributed by atoms with Gasteiger partial charge >= 0.3 is 5.97 Å². The lowest BCUT2D eigenvalue weighted by molar-refractivity contribution is -0.146. The van der Waals surface area contributed by atoms with Gasteiger partial charge in [-0.2, -0.15) is 0 Å². The van der Waals surface area contributed by atoms with E-state index in [0.717, 1.165) is 30.4 Å². The first-order chi connectivity index (χ1) is 10.8. The van der Waals surface area contributed by atoms with E-state index < -0.39 is 0 Å². The molecule has 1 fully saturated rings. The maximum absolute atomic E-state index is 12.2. The topological polar surface area (TPSA) is 38.3 Å². The highest BCUT2D eigenvalue weighted by molar-refractivity contribution is 5.78. The molecule has 3 rings (SSSR count). The smallest absolute Gasteiger partial charge is 0.314 e. The van der Waals surface area contributed by atoms with Crippen molar-refractivity contribution < 1.29 is 9.53 Å². The number of carbonyl (C=O) groups excluding carboxylic acids is 1. The summed E-state index contributed by atoms with van der Waals surface area (Å²) in [6.45, 7) is 2.96. The molecule has 0 bridgehead atoms. The molecule has 1 aromatic rings. The van der Waals surface area contributed by atoms with Crippen LogP contribution in [0.4, 0.5) is 0 Å². The number of fused-ring (bicyclic) bond motifs is 1. The van der Waals surface area contributed by atoms with Crippen molar-refractivity contribution in [3.8, 4) is 11.8 Å². The molecule has 1 aromatic carbocycles. The molecule has 3 nitrogen and oxygen atoms in total. The fourth-order valence-corrected chi connectivity index (χ4v) is 3.29. The summed E-state index contributed by atoms with van der Waals surface area (Å²) in [7, 11) is 0. The van der Waals surface area contributed by atoms with Gasteiger partial charge in [0.05, 0.1) is 12.5 Å². The van der Waals surface area contributed by atoms with E-state index in [1.807, 2.05) is 37.3 Å². The van der Waals surface area contributed by atoms with E-state index in [1.54, 1.807) is 0 Å². The van der Waals surface area contributed by atoms with Crippen LogP contribution >= 0.6 is 0 Å². The second kappa shape index (κ2) is 6.81. The Morgan fingerprint density at radius 2 is 2.14 bits per heavy atom. The van der Waals surface area contributed by atoms with Gasteiger partial charge in [-0.05, 0) is 43.9 Å². The van der Waals surface area contributed by atoms with Crippen LogP contribution in [0.1, 0.15) is 31.7 Å². The number of allylic oxidation sites excluding steroid dienone is 1. The molecule has 0 spiro atoms. The summed E-state index contributed by atoms with van der Waals surface area (Å²) in [5, 5.41) is 3.45. The van der Waals surface area contributed by atoms with E-state index in [4.69, 9.17) is 4.74 Å². The van der Waals surface area contributed by atoms with Gasteiger partial charge in [-0.3, -0.25) is 4.79 Å². The van der Waals surface area contributed by atoms with Gasteiger partial charge in [0.25, 0.3) is 0 Å². The van der Waals surface area contributed by atoms with E-state index in [-0.39, 0.29) is 11.9 Å². The van der Waals surface area contributed by atoms with Crippen LogP contribution < -0.4 is 5.32 Å². The van der Waals surface area contributed by atoms with E-state index in [1.165, 1.54) is 5.57 Å². The van der Waals surface area contributed by atoms with Gasteiger partial charge in [-0.1, -0.05) is 30.0 Å². The maximum atomic E-state index is 12.2. The van der Waals surface area contributed by atoms with Gasteiger partial charge < -0.3 is 10.1 Å². The SMILES string of the molecule is CCOC(=O)[C@@H]1CN[C@H]2CCCC(C#Cc3ccccc3)=C12. The minimum Gasteiger partial charge on any atom is -0.465 e. The summed E-state index contributed by atoms with van der Waals surface area (Å²) >= 11 is 0. The van der Waals surface area contributed by atoms with Crippen LogP contribution in [0.3, 0.4) is 0 Å². The zero-order valence-corrected chi connectivity index (χ0v) is 12.9. The predicted molar refractivity (Wildman–Crippen MR) is 86.1 cm³/mol. The number of benzene rings is 1. The quantitative estimate of drug-likeness (QED) is 0.673. The molecule has 22 heavy (non-hydrogen) atoms. The van der Waals surface area contributed by atoms with E-state index in [9.17, 15) is 4.79 Å². The van der Waals surface area contributed by atoms with Crippen LogP contribution in [0.5, 0.6) is 0 Å². The zero-order chi connectivity index (χ0) is 15.4. The normalized spacial score (nSPS) is 23.5. The van der Waals surface area contributed by atoms with Crippen LogP contribution in [0.15, 0.2) is 41.5 Å². The Morgan fingerprint density at radius 3 is 2.91 bits per heavy atom. The Bertz CT molecular complexity index is 636. The second-order valence-corrected chi connectivity index (χ2v) is 5.71. The van der Waals surface area contributed by atoms with Crippen molar-refractivity contribution in [3.63, 3.8) is 0 Å². The van der Waals surface area contributed by atoms with Gasteiger partial charge in [-0.15, -0.1) is 0 Å². The summed E-state index contributed by atoms with van der Waals surface area (Å²) < 4.78 is 5.22. The van der Waals surface area contributed by atoms with Crippen molar-refractivity contribution in [1.29, 1.82) is 0 Å². The molecule has 1 heterocycles. The van der Waals surface area contributed by atoms with Gasteiger partial charge in [0.15, 0.2) is 0 Å². The lowest BCUT2D eigenvalue weighted by Crippen LogP contribution is -2.25. The lowest BCUT2D eigenvalue weighted by Gasteiger charge is -2.22. The number of ether oxygens (including phenoxy) is 1. The van der Waals surface area contributed by atoms with E-state index in [2.05, 4.69) is 17.2 Å².